The van der Waals surface area contributed by atoms with Gasteiger partial charge in [-0.2, -0.15) is 0 Å². The Morgan fingerprint density at radius 2 is 2.35 bits per heavy atom. The Kier molecular flexibility index (Phi) is 3.89. The maximum absolute atomic E-state index is 12.0. The van der Waals surface area contributed by atoms with Crippen molar-refractivity contribution in [2.75, 3.05) is 13.2 Å². The van der Waals surface area contributed by atoms with E-state index in [2.05, 4.69) is 5.32 Å². The summed E-state index contributed by atoms with van der Waals surface area (Å²) in [5.41, 5.74) is 0.976. The molecule has 1 heterocycles. The van der Waals surface area contributed by atoms with Gasteiger partial charge in [0.1, 0.15) is 18.3 Å². The number of carbonyl (C=O) groups excluding carboxylic acids is 1. The Bertz CT molecular complexity index is 406. The molecule has 1 aliphatic rings. The minimum Gasteiger partial charge on any atom is -0.492 e. The van der Waals surface area contributed by atoms with Gasteiger partial charge in [-0.3, -0.25) is 4.79 Å². The third-order valence-electron chi connectivity index (χ3n) is 2.86. The summed E-state index contributed by atoms with van der Waals surface area (Å²) in [5, 5.41) is 2.98. The Hall–Kier alpha value is -1.22. The molecule has 1 aromatic rings. The first-order valence-electron chi connectivity index (χ1n) is 5.82. The molecule has 0 saturated carbocycles. The second kappa shape index (κ2) is 5.41. The molecule has 0 radical (unpaired) electrons. The van der Waals surface area contributed by atoms with Gasteiger partial charge in [-0.1, -0.05) is 18.2 Å². The molecule has 1 amide bonds. The number of benzene rings is 1. The van der Waals surface area contributed by atoms with Crippen LogP contribution in [0.1, 0.15) is 24.8 Å². The number of para-hydroxylation sites is 1. The minimum absolute atomic E-state index is 0.0206. The van der Waals surface area contributed by atoms with Gasteiger partial charge in [0.25, 0.3) is 0 Å². The number of hydrogen-bond donors (Lipinski definition) is 1. The summed E-state index contributed by atoms with van der Waals surface area (Å²) in [7, 11) is 0. The predicted molar refractivity (Wildman–Crippen MR) is 67.6 cm³/mol. The number of fused-ring (bicyclic) bond motifs is 1. The molecular formula is C13H16ClNO2. The van der Waals surface area contributed by atoms with Crippen molar-refractivity contribution in [3.63, 3.8) is 0 Å². The highest BCUT2D eigenvalue weighted by atomic mass is 35.5. The molecule has 4 heteroatoms. The van der Waals surface area contributed by atoms with E-state index in [9.17, 15) is 4.79 Å². The molecule has 1 N–H and O–H groups in total. The van der Waals surface area contributed by atoms with E-state index in [-0.39, 0.29) is 17.2 Å². The number of halogens is 1. The van der Waals surface area contributed by atoms with Gasteiger partial charge in [0.05, 0.1) is 0 Å². The zero-order valence-corrected chi connectivity index (χ0v) is 10.5. The molecule has 1 aliphatic heterocycles. The molecule has 1 aromatic carbocycles. The van der Waals surface area contributed by atoms with Crippen LogP contribution in [0.2, 0.25) is 0 Å². The van der Waals surface area contributed by atoms with Crippen molar-refractivity contribution in [2.24, 2.45) is 0 Å². The lowest BCUT2D eigenvalue weighted by atomic mass is 10.0. The van der Waals surface area contributed by atoms with Crippen LogP contribution < -0.4 is 10.1 Å². The SMILES string of the molecule is CC(Cl)CCNC(=O)C1COc2ccccc21. The molecule has 2 rings (SSSR count). The molecule has 92 valence electrons. The fourth-order valence-corrected chi connectivity index (χ4v) is 2.01. The molecule has 2 unspecified atom stereocenters. The van der Waals surface area contributed by atoms with Crippen LogP contribution in [-0.4, -0.2) is 24.4 Å². The number of hydrogen-bond acceptors (Lipinski definition) is 2. The van der Waals surface area contributed by atoms with Crippen molar-refractivity contribution in [3.8, 4) is 5.75 Å². The van der Waals surface area contributed by atoms with Crippen LogP contribution in [0.5, 0.6) is 5.75 Å². The summed E-state index contributed by atoms with van der Waals surface area (Å²) in [6.07, 6.45) is 0.780. The van der Waals surface area contributed by atoms with E-state index < -0.39 is 0 Å². The predicted octanol–water partition coefficient (Wildman–Crippen LogP) is 2.30. The highest BCUT2D eigenvalue weighted by Gasteiger charge is 2.29. The van der Waals surface area contributed by atoms with E-state index in [0.29, 0.717) is 13.2 Å². The van der Waals surface area contributed by atoms with E-state index in [4.69, 9.17) is 16.3 Å². The van der Waals surface area contributed by atoms with Crippen molar-refractivity contribution >= 4 is 17.5 Å². The molecule has 17 heavy (non-hydrogen) atoms. The number of ether oxygens (including phenoxy) is 1. The smallest absolute Gasteiger partial charge is 0.231 e. The standard InChI is InChI=1S/C13H16ClNO2/c1-9(14)6-7-15-13(16)11-8-17-12-5-3-2-4-10(11)12/h2-5,9,11H,6-8H2,1H3,(H,15,16). The van der Waals surface area contributed by atoms with Gasteiger partial charge in [0, 0.05) is 17.5 Å². The van der Waals surface area contributed by atoms with Crippen LogP contribution in [0.25, 0.3) is 0 Å². The summed E-state index contributed by atoms with van der Waals surface area (Å²) in [6, 6.07) is 7.67. The normalized spacial score (nSPS) is 19.3. The van der Waals surface area contributed by atoms with E-state index in [1.54, 1.807) is 0 Å². The van der Waals surface area contributed by atoms with Gasteiger partial charge in [0.15, 0.2) is 0 Å². The lowest BCUT2D eigenvalue weighted by Crippen LogP contribution is -2.31. The molecule has 3 nitrogen and oxygen atoms in total. The minimum atomic E-state index is -0.183. The van der Waals surface area contributed by atoms with Gasteiger partial charge in [-0.25, -0.2) is 0 Å². The van der Waals surface area contributed by atoms with Crippen molar-refractivity contribution in [3.05, 3.63) is 29.8 Å². The number of nitrogens with one attached hydrogen (secondary N) is 1. The van der Waals surface area contributed by atoms with Gasteiger partial charge in [0.2, 0.25) is 5.91 Å². The summed E-state index contributed by atoms with van der Waals surface area (Å²) in [4.78, 5) is 12.0. The maximum Gasteiger partial charge on any atom is 0.231 e. The van der Waals surface area contributed by atoms with Crippen LogP contribution in [-0.2, 0) is 4.79 Å². The number of amides is 1. The van der Waals surface area contributed by atoms with Gasteiger partial charge in [-0.05, 0) is 19.4 Å². The van der Waals surface area contributed by atoms with Crippen LogP contribution in [0.4, 0.5) is 0 Å². The molecule has 0 aromatic heterocycles. The average molecular weight is 254 g/mol. The first kappa shape index (κ1) is 12.2. The summed E-state index contributed by atoms with van der Waals surface area (Å²) in [5.74, 6) is 0.655. The van der Waals surface area contributed by atoms with Crippen LogP contribution in [0, 0.1) is 0 Å². The van der Waals surface area contributed by atoms with E-state index in [0.717, 1.165) is 17.7 Å². The maximum atomic E-state index is 12.0. The van der Waals surface area contributed by atoms with Gasteiger partial charge in [-0.15, -0.1) is 11.6 Å². The fraction of sp³-hybridized carbons (Fsp3) is 0.462. The summed E-state index contributed by atoms with van der Waals surface area (Å²) < 4.78 is 5.47. The lowest BCUT2D eigenvalue weighted by molar-refractivity contribution is -0.122. The molecule has 2 atom stereocenters. The molecule has 0 spiro atoms. The van der Waals surface area contributed by atoms with Crippen LogP contribution >= 0.6 is 11.6 Å². The highest BCUT2D eigenvalue weighted by Crippen LogP contribution is 2.33. The highest BCUT2D eigenvalue weighted by molar-refractivity contribution is 6.20. The first-order valence-corrected chi connectivity index (χ1v) is 6.25. The Morgan fingerprint density at radius 1 is 1.59 bits per heavy atom. The molecule has 0 fully saturated rings. The summed E-state index contributed by atoms with van der Waals surface area (Å²) in [6.45, 7) is 2.96. The third kappa shape index (κ3) is 2.91. The zero-order chi connectivity index (χ0) is 12.3. The lowest BCUT2D eigenvalue weighted by Gasteiger charge is -2.10. The number of carbonyl (C=O) groups is 1. The molecule has 0 aliphatic carbocycles. The number of rotatable bonds is 4. The largest absolute Gasteiger partial charge is 0.492 e. The zero-order valence-electron chi connectivity index (χ0n) is 9.78. The van der Waals surface area contributed by atoms with Gasteiger partial charge >= 0.3 is 0 Å². The first-order chi connectivity index (χ1) is 8.18. The molecule has 0 saturated heterocycles. The van der Waals surface area contributed by atoms with Crippen LogP contribution in [0.3, 0.4) is 0 Å². The average Bonchev–Trinajstić information content (AvgIpc) is 2.72. The quantitative estimate of drug-likeness (QED) is 0.837. The Labute approximate surface area is 106 Å². The van der Waals surface area contributed by atoms with Crippen molar-refractivity contribution in [2.45, 2.75) is 24.6 Å². The number of alkyl halides is 1. The monoisotopic (exact) mass is 253 g/mol. The van der Waals surface area contributed by atoms with E-state index in [1.807, 2.05) is 31.2 Å². The summed E-state index contributed by atoms with van der Waals surface area (Å²) >= 11 is 5.83. The van der Waals surface area contributed by atoms with Gasteiger partial charge < -0.3 is 10.1 Å². The Morgan fingerprint density at radius 3 is 3.12 bits per heavy atom. The van der Waals surface area contributed by atoms with Crippen molar-refractivity contribution in [1.82, 2.24) is 5.32 Å². The van der Waals surface area contributed by atoms with E-state index >= 15 is 0 Å². The van der Waals surface area contributed by atoms with E-state index in [1.165, 1.54) is 0 Å². The topological polar surface area (TPSA) is 38.3 Å². The second-order valence-corrected chi connectivity index (χ2v) is 5.01. The third-order valence-corrected chi connectivity index (χ3v) is 3.08. The second-order valence-electron chi connectivity index (χ2n) is 4.26. The van der Waals surface area contributed by atoms with Crippen molar-refractivity contribution in [1.29, 1.82) is 0 Å². The fourth-order valence-electron chi connectivity index (χ4n) is 1.90. The Balaban J connectivity index is 1.93. The van der Waals surface area contributed by atoms with Crippen LogP contribution in [0.15, 0.2) is 24.3 Å². The molecular weight excluding hydrogens is 238 g/mol. The molecule has 0 bridgehead atoms. The van der Waals surface area contributed by atoms with Crippen molar-refractivity contribution < 1.29 is 9.53 Å².